The molecule has 1 N–H and O–H groups in total. The van der Waals surface area contributed by atoms with Gasteiger partial charge in [0, 0.05) is 10.4 Å². The summed E-state index contributed by atoms with van der Waals surface area (Å²) in [7, 11) is 0. The van der Waals surface area contributed by atoms with Crippen molar-refractivity contribution in [1.29, 1.82) is 0 Å². The largest absolute Gasteiger partial charge is 0.308 e. The van der Waals surface area contributed by atoms with Gasteiger partial charge in [0.2, 0.25) is 0 Å². The Kier molecular flexibility index (Phi) is 3.14. The van der Waals surface area contributed by atoms with E-state index in [1.54, 1.807) is 23.5 Å². The molecule has 0 radical (unpaired) electrons. The molecule has 1 fully saturated rings. The predicted molar refractivity (Wildman–Crippen MR) is 72.2 cm³/mol. The summed E-state index contributed by atoms with van der Waals surface area (Å²) in [6, 6.07) is 6.97. The second-order valence-corrected chi connectivity index (χ2v) is 5.85. The number of halogens is 1. The molecule has 1 aliphatic heterocycles. The van der Waals surface area contributed by atoms with Crippen molar-refractivity contribution in [3.05, 3.63) is 40.0 Å². The summed E-state index contributed by atoms with van der Waals surface area (Å²) in [6.45, 7) is 3.16. The molecule has 0 aliphatic carbocycles. The second kappa shape index (κ2) is 4.78. The molecule has 1 aromatic carbocycles. The van der Waals surface area contributed by atoms with Crippen LogP contribution in [0.1, 0.15) is 28.8 Å². The number of thiazole rings is 1. The second-order valence-electron chi connectivity index (χ2n) is 4.61. The summed E-state index contributed by atoms with van der Waals surface area (Å²) in [5.74, 6) is -0.204. The maximum absolute atomic E-state index is 12.9. The van der Waals surface area contributed by atoms with Crippen molar-refractivity contribution in [3.63, 3.8) is 0 Å². The Hall–Kier alpha value is -1.26. The van der Waals surface area contributed by atoms with E-state index in [1.807, 2.05) is 0 Å². The Morgan fingerprint density at radius 3 is 2.78 bits per heavy atom. The highest BCUT2D eigenvalue weighted by Crippen LogP contribution is 2.33. The Bertz CT molecular complexity index is 541. The van der Waals surface area contributed by atoms with Crippen LogP contribution < -0.4 is 5.32 Å². The zero-order valence-electron chi connectivity index (χ0n) is 10.2. The summed E-state index contributed by atoms with van der Waals surface area (Å²) in [4.78, 5) is 5.92. The van der Waals surface area contributed by atoms with Gasteiger partial charge in [-0.1, -0.05) is 0 Å². The highest BCUT2D eigenvalue weighted by Gasteiger charge is 2.21. The van der Waals surface area contributed by atoms with Crippen molar-refractivity contribution in [2.75, 3.05) is 6.54 Å². The number of aryl methyl sites for hydroxylation is 1. The van der Waals surface area contributed by atoms with Gasteiger partial charge in [0.1, 0.15) is 10.8 Å². The Morgan fingerprint density at radius 2 is 2.11 bits per heavy atom. The van der Waals surface area contributed by atoms with Crippen molar-refractivity contribution in [2.45, 2.75) is 25.8 Å². The van der Waals surface area contributed by atoms with Gasteiger partial charge >= 0.3 is 0 Å². The molecule has 1 atom stereocenters. The average molecular weight is 262 g/mol. The van der Waals surface area contributed by atoms with E-state index in [2.05, 4.69) is 12.2 Å². The number of hydrogen-bond donors (Lipinski definition) is 1. The van der Waals surface area contributed by atoms with E-state index in [0.29, 0.717) is 6.04 Å². The van der Waals surface area contributed by atoms with E-state index < -0.39 is 0 Å². The first-order valence-corrected chi connectivity index (χ1v) is 7.02. The van der Waals surface area contributed by atoms with Crippen LogP contribution in [0.15, 0.2) is 24.3 Å². The zero-order chi connectivity index (χ0) is 12.5. The van der Waals surface area contributed by atoms with Gasteiger partial charge in [-0.25, -0.2) is 9.37 Å². The van der Waals surface area contributed by atoms with Gasteiger partial charge in [-0.05, 0) is 50.6 Å². The van der Waals surface area contributed by atoms with Crippen LogP contribution in [0.2, 0.25) is 0 Å². The minimum absolute atomic E-state index is 0.204. The maximum atomic E-state index is 12.9. The van der Waals surface area contributed by atoms with Crippen LogP contribution in [0.3, 0.4) is 0 Å². The number of aromatic nitrogens is 1. The lowest BCUT2D eigenvalue weighted by Crippen LogP contribution is -2.12. The fourth-order valence-corrected chi connectivity index (χ4v) is 3.39. The number of rotatable bonds is 2. The lowest BCUT2D eigenvalue weighted by Gasteiger charge is -2.04. The molecule has 0 saturated carbocycles. The standard InChI is InChI=1S/C14H15FN2S/c1-9-13(10-4-6-11(15)7-5-10)17-14(18-9)12-3-2-8-16-12/h4-7,12,16H,2-3,8H2,1H3. The van der Waals surface area contributed by atoms with E-state index in [9.17, 15) is 4.39 Å². The molecule has 1 aliphatic rings. The minimum Gasteiger partial charge on any atom is -0.308 e. The minimum atomic E-state index is -0.204. The first-order valence-electron chi connectivity index (χ1n) is 6.20. The first kappa shape index (κ1) is 11.8. The molecule has 2 heterocycles. The van der Waals surface area contributed by atoms with Crippen molar-refractivity contribution in [3.8, 4) is 11.3 Å². The van der Waals surface area contributed by atoms with Crippen LogP contribution in [-0.4, -0.2) is 11.5 Å². The third-order valence-corrected chi connectivity index (χ3v) is 4.37. The lowest BCUT2D eigenvalue weighted by atomic mass is 10.1. The van der Waals surface area contributed by atoms with Crippen LogP contribution in [0.4, 0.5) is 4.39 Å². The molecule has 0 amide bonds. The highest BCUT2D eigenvalue weighted by molar-refractivity contribution is 7.12. The van der Waals surface area contributed by atoms with E-state index in [0.717, 1.165) is 29.2 Å². The smallest absolute Gasteiger partial charge is 0.123 e. The Morgan fingerprint density at radius 1 is 1.33 bits per heavy atom. The average Bonchev–Trinajstić information content (AvgIpc) is 2.99. The fraction of sp³-hybridized carbons (Fsp3) is 0.357. The van der Waals surface area contributed by atoms with E-state index in [1.165, 1.54) is 23.4 Å². The molecule has 1 aromatic heterocycles. The van der Waals surface area contributed by atoms with Gasteiger partial charge in [-0.3, -0.25) is 0 Å². The third-order valence-electron chi connectivity index (χ3n) is 3.29. The van der Waals surface area contributed by atoms with Crippen LogP contribution in [0, 0.1) is 12.7 Å². The van der Waals surface area contributed by atoms with Gasteiger partial charge in [0.25, 0.3) is 0 Å². The SMILES string of the molecule is Cc1sc(C2CCCN2)nc1-c1ccc(F)cc1. The fourth-order valence-electron chi connectivity index (χ4n) is 2.34. The van der Waals surface area contributed by atoms with Gasteiger partial charge in [-0.15, -0.1) is 11.3 Å². The van der Waals surface area contributed by atoms with E-state index in [-0.39, 0.29) is 5.82 Å². The zero-order valence-corrected chi connectivity index (χ0v) is 11.1. The maximum Gasteiger partial charge on any atom is 0.123 e. The summed E-state index contributed by atoms with van der Waals surface area (Å²) >= 11 is 1.74. The molecule has 4 heteroatoms. The van der Waals surface area contributed by atoms with Crippen LogP contribution in [-0.2, 0) is 0 Å². The topological polar surface area (TPSA) is 24.9 Å². The molecule has 18 heavy (non-hydrogen) atoms. The van der Waals surface area contributed by atoms with Gasteiger partial charge in [-0.2, -0.15) is 0 Å². The van der Waals surface area contributed by atoms with Gasteiger partial charge in [0.05, 0.1) is 11.7 Å². The van der Waals surface area contributed by atoms with Crippen molar-refractivity contribution >= 4 is 11.3 Å². The molecule has 94 valence electrons. The molecule has 2 aromatic rings. The number of nitrogens with zero attached hydrogens (tertiary/aromatic N) is 1. The van der Waals surface area contributed by atoms with Crippen molar-refractivity contribution < 1.29 is 4.39 Å². The van der Waals surface area contributed by atoms with Crippen LogP contribution in [0.25, 0.3) is 11.3 Å². The quantitative estimate of drug-likeness (QED) is 0.893. The molecule has 2 nitrogen and oxygen atoms in total. The number of hydrogen-bond acceptors (Lipinski definition) is 3. The molecule has 3 rings (SSSR count). The number of benzene rings is 1. The first-order chi connectivity index (χ1) is 8.74. The molecule has 1 saturated heterocycles. The van der Waals surface area contributed by atoms with Crippen LogP contribution >= 0.6 is 11.3 Å². The van der Waals surface area contributed by atoms with E-state index in [4.69, 9.17) is 4.98 Å². The highest BCUT2D eigenvalue weighted by atomic mass is 32.1. The van der Waals surface area contributed by atoms with Gasteiger partial charge < -0.3 is 5.32 Å². The number of nitrogens with one attached hydrogen (secondary N) is 1. The van der Waals surface area contributed by atoms with Gasteiger partial charge in [0.15, 0.2) is 0 Å². The van der Waals surface area contributed by atoms with Crippen molar-refractivity contribution in [2.24, 2.45) is 0 Å². The molecule has 1 unspecified atom stereocenters. The summed E-state index contributed by atoms with van der Waals surface area (Å²) < 4.78 is 12.9. The normalized spacial score (nSPS) is 19.3. The molecular weight excluding hydrogens is 247 g/mol. The van der Waals surface area contributed by atoms with Crippen LogP contribution in [0.5, 0.6) is 0 Å². The van der Waals surface area contributed by atoms with Crippen molar-refractivity contribution in [1.82, 2.24) is 10.3 Å². The predicted octanol–water partition coefficient (Wildman–Crippen LogP) is 3.68. The Balaban J connectivity index is 1.94. The third kappa shape index (κ3) is 2.18. The summed E-state index contributed by atoms with van der Waals surface area (Å²) in [5, 5.41) is 4.62. The Labute approximate surface area is 110 Å². The monoisotopic (exact) mass is 262 g/mol. The molecular formula is C14H15FN2S. The summed E-state index contributed by atoms with van der Waals surface area (Å²) in [5.41, 5.74) is 1.98. The molecule has 0 spiro atoms. The molecule has 0 bridgehead atoms. The summed E-state index contributed by atoms with van der Waals surface area (Å²) in [6.07, 6.45) is 2.38. The lowest BCUT2D eigenvalue weighted by molar-refractivity contribution is 0.628. The van der Waals surface area contributed by atoms with E-state index >= 15 is 0 Å².